The second-order valence-corrected chi connectivity index (χ2v) is 7.07. The van der Waals surface area contributed by atoms with E-state index in [-0.39, 0.29) is 15.9 Å². The number of aryl methyl sites for hydroxylation is 1. The van der Waals surface area contributed by atoms with Crippen molar-refractivity contribution < 1.29 is 14.3 Å². The SMILES string of the molecule is Cc1csc(C2=N[C@@H](c3cccc(F)c3Cl)C(C(=O)O)=C(CBr)N2)n1. The maximum Gasteiger partial charge on any atom is 0.335 e. The number of halogens is 3. The Kier molecular flexibility index (Phi) is 5.21. The molecule has 0 unspecified atom stereocenters. The molecule has 2 aromatic rings. The van der Waals surface area contributed by atoms with E-state index >= 15 is 0 Å². The van der Waals surface area contributed by atoms with E-state index in [4.69, 9.17) is 11.6 Å². The summed E-state index contributed by atoms with van der Waals surface area (Å²) >= 11 is 10.8. The second kappa shape index (κ2) is 7.23. The van der Waals surface area contributed by atoms with Gasteiger partial charge >= 0.3 is 5.97 Å². The van der Waals surface area contributed by atoms with Gasteiger partial charge in [0.15, 0.2) is 10.8 Å². The van der Waals surface area contributed by atoms with Crippen LogP contribution in [-0.4, -0.2) is 27.2 Å². The van der Waals surface area contributed by atoms with Gasteiger partial charge in [0.25, 0.3) is 0 Å². The predicted octanol–water partition coefficient (Wildman–Crippen LogP) is 4.07. The molecule has 0 spiro atoms. The molecule has 0 aliphatic carbocycles. The van der Waals surface area contributed by atoms with Crippen molar-refractivity contribution >= 4 is 50.7 Å². The van der Waals surface area contributed by atoms with Gasteiger partial charge < -0.3 is 10.4 Å². The molecule has 1 aliphatic rings. The highest BCUT2D eigenvalue weighted by atomic mass is 79.9. The third kappa shape index (κ3) is 3.47. The first-order chi connectivity index (χ1) is 11.9. The van der Waals surface area contributed by atoms with Crippen molar-refractivity contribution in [3.63, 3.8) is 0 Å². The van der Waals surface area contributed by atoms with Gasteiger partial charge in [-0.15, -0.1) is 11.3 Å². The molecule has 3 rings (SSSR count). The molecule has 1 atom stereocenters. The topological polar surface area (TPSA) is 74.6 Å². The Morgan fingerprint density at radius 2 is 2.28 bits per heavy atom. The van der Waals surface area contributed by atoms with Gasteiger partial charge in [0, 0.05) is 27.7 Å². The number of carboxylic acid groups (broad SMARTS) is 1. The Bertz CT molecular complexity index is 913. The predicted molar refractivity (Wildman–Crippen MR) is 99.1 cm³/mol. The summed E-state index contributed by atoms with van der Waals surface area (Å²) in [4.78, 5) is 20.7. The number of allylic oxidation sites excluding steroid dienone is 1. The highest BCUT2D eigenvalue weighted by Crippen LogP contribution is 2.37. The highest BCUT2D eigenvalue weighted by Gasteiger charge is 2.33. The Balaban J connectivity index is 2.19. The average Bonchev–Trinajstić information content (AvgIpc) is 3.02. The number of aromatic nitrogens is 1. The van der Waals surface area contributed by atoms with Gasteiger partial charge in [0.1, 0.15) is 11.9 Å². The lowest BCUT2D eigenvalue weighted by atomic mass is 9.96. The number of hydrogen-bond donors (Lipinski definition) is 2. The van der Waals surface area contributed by atoms with Gasteiger partial charge in [-0.2, -0.15) is 0 Å². The Hall–Kier alpha value is -1.77. The molecule has 2 N–H and O–H groups in total. The summed E-state index contributed by atoms with van der Waals surface area (Å²) in [5.74, 6) is -1.34. The van der Waals surface area contributed by atoms with E-state index in [1.165, 1.54) is 23.5 Å². The number of aliphatic carboxylic acids is 1. The van der Waals surface area contributed by atoms with Crippen molar-refractivity contribution in [2.45, 2.75) is 13.0 Å². The second-order valence-electron chi connectivity index (χ2n) is 5.27. The lowest BCUT2D eigenvalue weighted by Crippen LogP contribution is -2.34. The highest BCUT2D eigenvalue weighted by molar-refractivity contribution is 9.09. The van der Waals surface area contributed by atoms with Gasteiger partial charge in [-0.3, -0.25) is 4.99 Å². The van der Waals surface area contributed by atoms with E-state index in [2.05, 4.69) is 31.2 Å². The van der Waals surface area contributed by atoms with Crippen LogP contribution in [0.15, 0.2) is 39.8 Å². The van der Waals surface area contributed by atoms with Gasteiger partial charge in [-0.05, 0) is 13.0 Å². The summed E-state index contributed by atoms with van der Waals surface area (Å²) in [7, 11) is 0. The van der Waals surface area contributed by atoms with Gasteiger partial charge in [-0.1, -0.05) is 39.7 Å². The van der Waals surface area contributed by atoms with Crippen LogP contribution in [0.25, 0.3) is 0 Å². The van der Waals surface area contributed by atoms with Crippen molar-refractivity contribution in [3.8, 4) is 0 Å². The number of aliphatic imine (C=N–C) groups is 1. The quantitative estimate of drug-likeness (QED) is 0.697. The van der Waals surface area contributed by atoms with Crippen LogP contribution in [0.1, 0.15) is 22.3 Å². The Morgan fingerprint density at radius 1 is 1.52 bits per heavy atom. The van der Waals surface area contributed by atoms with Crippen LogP contribution in [0.4, 0.5) is 4.39 Å². The molecule has 0 fully saturated rings. The lowest BCUT2D eigenvalue weighted by Gasteiger charge is -2.25. The van der Waals surface area contributed by atoms with Gasteiger partial charge in [-0.25, -0.2) is 14.2 Å². The molecule has 9 heteroatoms. The summed E-state index contributed by atoms with van der Waals surface area (Å²) < 4.78 is 13.9. The third-order valence-electron chi connectivity index (χ3n) is 3.59. The number of carboxylic acids is 1. The minimum Gasteiger partial charge on any atom is -0.478 e. The zero-order valence-corrected chi connectivity index (χ0v) is 16.0. The number of alkyl halides is 1. The molecule has 0 bridgehead atoms. The monoisotopic (exact) mass is 443 g/mol. The van der Waals surface area contributed by atoms with Crippen molar-refractivity contribution in [1.29, 1.82) is 0 Å². The van der Waals surface area contributed by atoms with Crippen LogP contribution in [0.3, 0.4) is 0 Å². The molecule has 1 aromatic heterocycles. The summed E-state index contributed by atoms with van der Waals surface area (Å²) in [6.07, 6.45) is 0. The van der Waals surface area contributed by atoms with Crippen LogP contribution < -0.4 is 5.32 Å². The molecular weight excluding hydrogens is 433 g/mol. The fraction of sp³-hybridized carbons (Fsp3) is 0.188. The first kappa shape index (κ1) is 18.0. The molecule has 1 aliphatic heterocycles. The zero-order chi connectivity index (χ0) is 18.1. The van der Waals surface area contributed by atoms with Crippen LogP contribution in [0.2, 0.25) is 5.02 Å². The minimum atomic E-state index is -1.15. The first-order valence-electron chi connectivity index (χ1n) is 7.16. The number of nitrogens with one attached hydrogen (secondary N) is 1. The van der Waals surface area contributed by atoms with Crippen molar-refractivity contribution in [1.82, 2.24) is 10.3 Å². The number of amidine groups is 1. The third-order valence-corrected chi connectivity index (χ3v) is 5.51. The average molecular weight is 445 g/mol. The van der Waals surface area contributed by atoms with Crippen molar-refractivity contribution in [3.05, 3.63) is 62.0 Å². The fourth-order valence-electron chi connectivity index (χ4n) is 2.48. The van der Waals surface area contributed by atoms with E-state index in [0.29, 0.717) is 22.1 Å². The van der Waals surface area contributed by atoms with E-state index < -0.39 is 17.8 Å². The lowest BCUT2D eigenvalue weighted by molar-refractivity contribution is -0.133. The van der Waals surface area contributed by atoms with E-state index in [1.54, 1.807) is 6.07 Å². The zero-order valence-electron chi connectivity index (χ0n) is 12.9. The smallest absolute Gasteiger partial charge is 0.335 e. The molecular formula is C16H12BrClFN3O2S. The fourth-order valence-corrected chi connectivity index (χ4v) is 3.90. The first-order valence-corrected chi connectivity index (χ1v) is 9.53. The minimum absolute atomic E-state index is 0.0152. The Morgan fingerprint density at radius 3 is 2.88 bits per heavy atom. The van der Waals surface area contributed by atoms with Crippen LogP contribution in [0, 0.1) is 12.7 Å². The molecule has 2 heterocycles. The van der Waals surface area contributed by atoms with Gasteiger partial charge in [0.2, 0.25) is 0 Å². The molecule has 5 nitrogen and oxygen atoms in total. The number of carbonyl (C=O) groups is 1. The molecule has 0 saturated carbocycles. The number of benzene rings is 1. The Labute approximate surface area is 160 Å². The van der Waals surface area contributed by atoms with Crippen molar-refractivity contribution in [2.24, 2.45) is 4.99 Å². The molecule has 1 aromatic carbocycles. The maximum absolute atomic E-state index is 13.9. The summed E-state index contributed by atoms with van der Waals surface area (Å²) in [6, 6.07) is 3.34. The summed E-state index contributed by atoms with van der Waals surface area (Å²) in [5.41, 5.74) is 1.57. The largest absolute Gasteiger partial charge is 0.478 e. The number of nitrogens with zero attached hydrogens (tertiary/aromatic N) is 2. The van der Waals surface area contributed by atoms with Gasteiger partial charge in [0.05, 0.1) is 10.6 Å². The van der Waals surface area contributed by atoms with Crippen LogP contribution >= 0.6 is 38.9 Å². The maximum atomic E-state index is 13.9. The van der Waals surface area contributed by atoms with E-state index in [1.807, 2.05) is 12.3 Å². The van der Waals surface area contributed by atoms with Crippen LogP contribution in [0.5, 0.6) is 0 Å². The molecule has 0 radical (unpaired) electrons. The molecule has 0 amide bonds. The van der Waals surface area contributed by atoms with Crippen molar-refractivity contribution in [2.75, 3.05) is 5.33 Å². The standard InChI is InChI=1S/C16H12BrClFN3O2S/c1-7-6-25-15(20-7)14-21-10(5-17)11(16(23)24)13(22-14)8-3-2-4-9(19)12(8)18/h2-4,6,13H,5H2,1H3,(H,21,22)(H,23,24)/t13-/m0/s1. The number of thiazole rings is 1. The molecule has 25 heavy (non-hydrogen) atoms. The van der Waals surface area contributed by atoms with E-state index in [9.17, 15) is 14.3 Å². The molecule has 130 valence electrons. The number of rotatable bonds is 4. The van der Waals surface area contributed by atoms with E-state index in [0.717, 1.165) is 5.69 Å². The summed E-state index contributed by atoms with van der Waals surface area (Å²) in [6.45, 7) is 1.86. The summed E-state index contributed by atoms with van der Waals surface area (Å²) in [5, 5.41) is 15.3. The molecule has 0 saturated heterocycles. The normalized spacial score (nSPS) is 17.3. The number of hydrogen-bond acceptors (Lipinski definition) is 5. The van der Waals surface area contributed by atoms with Crippen LogP contribution in [-0.2, 0) is 4.79 Å².